The predicted molar refractivity (Wildman–Crippen MR) is 113 cm³/mol. The van der Waals surface area contributed by atoms with E-state index in [-0.39, 0.29) is 18.2 Å². The lowest BCUT2D eigenvalue weighted by atomic mass is 10.0. The molecule has 0 aromatic heterocycles. The predicted octanol–water partition coefficient (Wildman–Crippen LogP) is 4.73. The number of benzene rings is 2. The van der Waals surface area contributed by atoms with Gasteiger partial charge in [0.2, 0.25) is 5.91 Å². The van der Waals surface area contributed by atoms with Gasteiger partial charge < -0.3 is 10.1 Å². The summed E-state index contributed by atoms with van der Waals surface area (Å²) < 4.78 is 5.63. The monoisotopic (exact) mass is 434 g/mol. The summed E-state index contributed by atoms with van der Waals surface area (Å²) in [6.45, 7) is 3.27. The van der Waals surface area contributed by atoms with Crippen molar-refractivity contribution in [2.45, 2.75) is 32.8 Å². The van der Waals surface area contributed by atoms with Crippen LogP contribution in [-0.2, 0) is 9.59 Å². The van der Waals surface area contributed by atoms with Crippen LogP contribution in [0, 0.1) is 0 Å². The van der Waals surface area contributed by atoms with Gasteiger partial charge in [0.1, 0.15) is 12.3 Å². The molecule has 2 aromatic carbocycles. The topological polar surface area (TPSA) is 75.7 Å². The molecule has 6 nitrogen and oxygen atoms in total. The molecule has 0 aliphatic carbocycles. The summed E-state index contributed by atoms with van der Waals surface area (Å²) in [5, 5.41) is 3.42. The van der Waals surface area contributed by atoms with Crippen molar-refractivity contribution in [3.63, 3.8) is 0 Å². The third-order valence-corrected chi connectivity index (χ3v) is 5.04. The number of hydrogen-bond donors (Lipinski definition) is 1. The van der Waals surface area contributed by atoms with Crippen LogP contribution in [0.4, 0.5) is 11.4 Å². The number of halogens is 2. The summed E-state index contributed by atoms with van der Waals surface area (Å²) in [5.41, 5.74) is 1.22. The van der Waals surface area contributed by atoms with Gasteiger partial charge in [0.05, 0.1) is 16.4 Å². The minimum Gasteiger partial charge on any atom is -0.479 e. The molecule has 2 amide bonds. The van der Waals surface area contributed by atoms with E-state index in [4.69, 9.17) is 27.9 Å². The Morgan fingerprint density at radius 1 is 1.17 bits per heavy atom. The second-order valence-corrected chi connectivity index (χ2v) is 7.56. The summed E-state index contributed by atoms with van der Waals surface area (Å²) in [5.74, 6) is -0.409. The molecular weight excluding hydrogens is 415 g/mol. The number of nitrogens with zero attached hydrogens (tertiary/aromatic N) is 1. The van der Waals surface area contributed by atoms with Crippen molar-refractivity contribution >= 4 is 52.2 Å². The molecule has 2 aromatic rings. The molecule has 0 saturated carbocycles. The highest BCUT2D eigenvalue weighted by Crippen LogP contribution is 2.35. The number of amides is 2. The fourth-order valence-corrected chi connectivity index (χ4v) is 3.38. The zero-order valence-corrected chi connectivity index (χ0v) is 17.5. The molecular formula is C21H20Cl2N2O4. The van der Waals surface area contributed by atoms with Gasteiger partial charge in [-0.05, 0) is 49.7 Å². The van der Waals surface area contributed by atoms with E-state index in [1.807, 2.05) is 6.92 Å². The lowest BCUT2D eigenvalue weighted by Gasteiger charge is -2.32. The average molecular weight is 435 g/mol. The van der Waals surface area contributed by atoms with Crippen molar-refractivity contribution < 1.29 is 19.1 Å². The summed E-state index contributed by atoms with van der Waals surface area (Å²) in [7, 11) is 0. The molecule has 8 heteroatoms. The molecule has 0 saturated heterocycles. The molecule has 0 spiro atoms. The van der Waals surface area contributed by atoms with E-state index >= 15 is 0 Å². The second kappa shape index (κ2) is 8.84. The van der Waals surface area contributed by atoms with E-state index in [1.54, 1.807) is 37.3 Å². The molecule has 0 fully saturated rings. The van der Waals surface area contributed by atoms with Crippen LogP contribution in [0.25, 0.3) is 0 Å². The first-order chi connectivity index (χ1) is 13.8. The first-order valence-corrected chi connectivity index (χ1v) is 9.96. The van der Waals surface area contributed by atoms with E-state index in [1.165, 1.54) is 11.0 Å². The molecule has 29 heavy (non-hydrogen) atoms. The second-order valence-electron chi connectivity index (χ2n) is 6.71. The van der Waals surface area contributed by atoms with Crippen molar-refractivity contribution in [3.05, 3.63) is 52.0 Å². The van der Waals surface area contributed by atoms with E-state index in [9.17, 15) is 14.4 Å². The largest absolute Gasteiger partial charge is 0.479 e. The third kappa shape index (κ3) is 4.71. The number of carbonyl (C=O) groups is 3. The van der Waals surface area contributed by atoms with Crippen LogP contribution in [0.1, 0.15) is 37.0 Å². The summed E-state index contributed by atoms with van der Waals surface area (Å²) in [6, 6.07) is 9.63. The normalized spacial score (nSPS) is 15.5. The number of fused-ring (bicyclic) bond motifs is 1. The molecule has 0 radical (unpaired) electrons. The van der Waals surface area contributed by atoms with Crippen LogP contribution in [0.3, 0.4) is 0 Å². The Morgan fingerprint density at radius 3 is 2.66 bits per heavy atom. The molecule has 1 aliphatic heterocycles. The van der Waals surface area contributed by atoms with Crippen LogP contribution < -0.4 is 15.0 Å². The molecule has 1 N–H and O–H groups in total. The summed E-state index contributed by atoms with van der Waals surface area (Å²) in [6.07, 6.45) is 0.370. The van der Waals surface area contributed by atoms with Crippen molar-refractivity contribution in [2.75, 3.05) is 16.8 Å². The van der Waals surface area contributed by atoms with Crippen LogP contribution in [0.2, 0.25) is 10.0 Å². The Morgan fingerprint density at radius 2 is 1.93 bits per heavy atom. The van der Waals surface area contributed by atoms with Crippen molar-refractivity contribution in [2.24, 2.45) is 0 Å². The molecule has 1 aliphatic rings. The van der Waals surface area contributed by atoms with Gasteiger partial charge in [-0.3, -0.25) is 19.3 Å². The van der Waals surface area contributed by atoms with Crippen LogP contribution >= 0.6 is 23.2 Å². The van der Waals surface area contributed by atoms with Gasteiger partial charge in [-0.15, -0.1) is 0 Å². The maximum atomic E-state index is 12.7. The number of nitrogens with one attached hydrogen (secondary N) is 1. The molecule has 1 atom stereocenters. The SMILES string of the molecule is CCCC(=O)c1ccc2c(c1)N(CC(=O)Nc1cc(Cl)ccc1Cl)C(=O)C(C)O2. The lowest BCUT2D eigenvalue weighted by Crippen LogP contribution is -2.47. The highest BCUT2D eigenvalue weighted by Gasteiger charge is 2.33. The fraction of sp³-hybridized carbons (Fsp3) is 0.286. The molecule has 1 unspecified atom stereocenters. The maximum absolute atomic E-state index is 12.7. The summed E-state index contributed by atoms with van der Waals surface area (Å²) in [4.78, 5) is 38.9. The Labute approximate surface area is 178 Å². The smallest absolute Gasteiger partial charge is 0.268 e. The standard InChI is InChI=1S/C21H20Cl2N2O4/c1-3-4-18(26)13-5-8-19-17(9-13)25(21(28)12(2)29-19)11-20(27)24-16-10-14(22)6-7-15(16)23/h5-10,12H,3-4,11H2,1-2H3,(H,24,27). The Balaban J connectivity index is 1.87. The lowest BCUT2D eigenvalue weighted by molar-refractivity contribution is -0.127. The minimum atomic E-state index is -0.748. The van der Waals surface area contributed by atoms with Gasteiger partial charge in [-0.25, -0.2) is 0 Å². The van der Waals surface area contributed by atoms with Gasteiger partial charge in [0, 0.05) is 17.0 Å². The maximum Gasteiger partial charge on any atom is 0.268 e. The van der Waals surface area contributed by atoms with Crippen molar-refractivity contribution in [1.82, 2.24) is 0 Å². The van der Waals surface area contributed by atoms with Crippen LogP contribution in [-0.4, -0.2) is 30.2 Å². The van der Waals surface area contributed by atoms with Crippen molar-refractivity contribution in [3.8, 4) is 5.75 Å². The first kappa shape index (κ1) is 21.1. The fourth-order valence-electron chi connectivity index (χ4n) is 3.04. The zero-order valence-electron chi connectivity index (χ0n) is 16.0. The number of carbonyl (C=O) groups excluding carboxylic acids is 3. The van der Waals surface area contributed by atoms with Gasteiger partial charge in [-0.1, -0.05) is 30.1 Å². The third-order valence-electron chi connectivity index (χ3n) is 4.47. The van der Waals surface area contributed by atoms with Gasteiger partial charge >= 0.3 is 0 Å². The van der Waals surface area contributed by atoms with Gasteiger partial charge in [-0.2, -0.15) is 0 Å². The Hall–Kier alpha value is -2.57. The zero-order chi connectivity index (χ0) is 21.1. The summed E-state index contributed by atoms with van der Waals surface area (Å²) >= 11 is 12.0. The quantitative estimate of drug-likeness (QED) is 0.666. The van der Waals surface area contributed by atoms with Crippen LogP contribution in [0.15, 0.2) is 36.4 Å². The minimum absolute atomic E-state index is 0.0310. The average Bonchev–Trinajstić information content (AvgIpc) is 2.68. The first-order valence-electron chi connectivity index (χ1n) is 9.20. The van der Waals surface area contributed by atoms with E-state index < -0.39 is 12.0 Å². The highest BCUT2D eigenvalue weighted by atomic mass is 35.5. The van der Waals surface area contributed by atoms with Gasteiger partial charge in [0.25, 0.3) is 5.91 Å². The van der Waals surface area contributed by atoms with Crippen molar-refractivity contribution in [1.29, 1.82) is 0 Å². The number of Topliss-reactive ketones (excluding diaryl/α,β-unsaturated/α-hetero) is 1. The Bertz CT molecular complexity index is 977. The van der Waals surface area contributed by atoms with E-state index in [0.29, 0.717) is 39.2 Å². The number of ketones is 1. The van der Waals surface area contributed by atoms with Crippen LogP contribution in [0.5, 0.6) is 5.75 Å². The van der Waals surface area contributed by atoms with E-state index in [0.717, 1.165) is 6.42 Å². The molecule has 3 rings (SSSR count). The highest BCUT2D eigenvalue weighted by molar-refractivity contribution is 6.35. The molecule has 0 bridgehead atoms. The molecule has 1 heterocycles. The Kier molecular flexibility index (Phi) is 6.45. The number of hydrogen-bond acceptors (Lipinski definition) is 4. The number of anilines is 2. The van der Waals surface area contributed by atoms with E-state index in [2.05, 4.69) is 5.32 Å². The molecule has 152 valence electrons. The van der Waals surface area contributed by atoms with Gasteiger partial charge in [0.15, 0.2) is 11.9 Å². The number of ether oxygens (including phenoxy) is 1. The number of rotatable bonds is 6.